The lowest BCUT2D eigenvalue weighted by Gasteiger charge is -2.29. The molecule has 128 valence electrons. The molecule has 0 aromatic carbocycles. The molecule has 2 amide bonds. The van der Waals surface area contributed by atoms with Gasteiger partial charge in [-0.3, -0.25) is 9.59 Å². The summed E-state index contributed by atoms with van der Waals surface area (Å²) < 4.78 is 26.2. The van der Waals surface area contributed by atoms with Gasteiger partial charge in [0.15, 0.2) is 0 Å². The standard InChI is InChI=1S/C12H19N5O4S2/c1-3-13-10(19)9-4-6-17(7-5-9)23(20,21)12-16-15-11(22-12)14-8(2)18/h9H,3-7H2,1-2H3,(H,13,19)(H,14,15,18). The number of amides is 2. The summed E-state index contributed by atoms with van der Waals surface area (Å²) in [6.07, 6.45) is 0.949. The van der Waals surface area contributed by atoms with Gasteiger partial charge in [-0.25, -0.2) is 8.42 Å². The lowest BCUT2D eigenvalue weighted by Crippen LogP contribution is -2.42. The molecule has 11 heteroatoms. The van der Waals surface area contributed by atoms with Crippen LogP contribution in [0, 0.1) is 5.92 Å². The van der Waals surface area contributed by atoms with Crippen molar-refractivity contribution in [2.45, 2.75) is 31.0 Å². The fourth-order valence-corrected chi connectivity index (χ4v) is 4.86. The Labute approximate surface area is 138 Å². The van der Waals surface area contributed by atoms with Crippen molar-refractivity contribution in [3.8, 4) is 0 Å². The molecular formula is C12H19N5O4S2. The van der Waals surface area contributed by atoms with Crippen molar-refractivity contribution >= 4 is 38.3 Å². The summed E-state index contributed by atoms with van der Waals surface area (Å²) >= 11 is 0.814. The van der Waals surface area contributed by atoms with Gasteiger partial charge >= 0.3 is 0 Å². The predicted octanol–water partition coefficient (Wildman–Crippen LogP) is 0.0333. The quantitative estimate of drug-likeness (QED) is 0.714. The van der Waals surface area contributed by atoms with E-state index in [4.69, 9.17) is 0 Å². The number of nitrogens with zero attached hydrogens (tertiary/aromatic N) is 3. The Kier molecular flexibility index (Phi) is 5.65. The molecule has 2 heterocycles. The van der Waals surface area contributed by atoms with Crippen molar-refractivity contribution in [1.82, 2.24) is 19.8 Å². The molecule has 0 spiro atoms. The average molecular weight is 361 g/mol. The number of nitrogens with one attached hydrogen (secondary N) is 2. The zero-order valence-electron chi connectivity index (χ0n) is 12.9. The van der Waals surface area contributed by atoms with E-state index in [2.05, 4.69) is 20.8 Å². The molecule has 1 fully saturated rings. The zero-order valence-corrected chi connectivity index (χ0v) is 14.5. The minimum atomic E-state index is -3.74. The second-order valence-corrected chi connectivity index (χ2v) is 8.22. The molecule has 1 aromatic rings. The average Bonchev–Trinajstić information content (AvgIpc) is 2.96. The number of aromatic nitrogens is 2. The molecule has 0 atom stereocenters. The van der Waals surface area contributed by atoms with Crippen molar-refractivity contribution in [2.75, 3.05) is 25.0 Å². The van der Waals surface area contributed by atoms with Gasteiger partial charge in [0.25, 0.3) is 10.0 Å². The van der Waals surface area contributed by atoms with Crippen LogP contribution in [0.25, 0.3) is 0 Å². The van der Waals surface area contributed by atoms with Crippen LogP contribution in [0.5, 0.6) is 0 Å². The second kappa shape index (κ2) is 7.32. The second-order valence-electron chi connectivity index (χ2n) is 5.13. The van der Waals surface area contributed by atoms with Gasteiger partial charge in [-0.15, -0.1) is 10.2 Å². The van der Waals surface area contributed by atoms with Gasteiger partial charge in [0, 0.05) is 32.5 Å². The molecule has 0 saturated carbocycles. The highest BCUT2D eigenvalue weighted by Gasteiger charge is 2.34. The SMILES string of the molecule is CCNC(=O)C1CCN(S(=O)(=O)c2nnc(NC(C)=O)s2)CC1. The first-order valence-electron chi connectivity index (χ1n) is 7.23. The first kappa shape index (κ1) is 17.8. The van der Waals surface area contributed by atoms with Gasteiger partial charge in [0.2, 0.25) is 21.3 Å². The number of carbonyl (C=O) groups is 2. The van der Waals surface area contributed by atoms with Crippen LogP contribution in [0.2, 0.25) is 0 Å². The van der Waals surface area contributed by atoms with Crippen molar-refractivity contribution in [2.24, 2.45) is 5.92 Å². The Hall–Kier alpha value is -1.59. The minimum absolute atomic E-state index is 0.0339. The van der Waals surface area contributed by atoms with E-state index >= 15 is 0 Å². The number of rotatable bonds is 5. The van der Waals surface area contributed by atoms with E-state index < -0.39 is 10.0 Å². The first-order valence-corrected chi connectivity index (χ1v) is 9.49. The smallest absolute Gasteiger partial charge is 0.272 e. The van der Waals surface area contributed by atoms with Crippen LogP contribution in [-0.4, -0.2) is 54.4 Å². The lowest BCUT2D eigenvalue weighted by molar-refractivity contribution is -0.126. The molecule has 23 heavy (non-hydrogen) atoms. The van der Waals surface area contributed by atoms with E-state index in [0.717, 1.165) is 11.3 Å². The molecule has 1 aliphatic heterocycles. The summed E-state index contributed by atoms with van der Waals surface area (Å²) in [5, 5.41) is 12.6. The fraction of sp³-hybridized carbons (Fsp3) is 0.667. The third-order valence-corrected chi connectivity index (χ3v) is 6.51. The van der Waals surface area contributed by atoms with Crippen molar-refractivity contribution in [1.29, 1.82) is 0 Å². The first-order chi connectivity index (χ1) is 10.8. The molecule has 0 radical (unpaired) electrons. The third kappa shape index (κ3) is 4.24. The Bertz CT molecular complexity index is 679. The highest BCUT2D eigenvalue weighted by Crippen LogP contribution is 2.27. The van der Waals surface area contributed by atoms with Gasteiger partial charge in [0.05, 0.1) is 0 Å². The summed E-state index contributed by atoms with van der Waals surface area (Å²) in [5.74, 6) is -0.535. The molecular weight excluding hydrogens is 342 g/mol. The zero-order chi connectivity index (χ0) is 17.0. The van der Waals surface area contributed by atoms with Gasteiger partial charge in [-0.2, -0.15) is 4.31 Å². The van der Waals surface area contributed by atoms with Crippen LogP contribution in [-0.2, 0) is 19.6 Å². The summed E-state index contributed by atoms with van der Waals surface area (Å²) in [4.78, 5) is 22.7. The number of piperidine rings is 1. The maximum atomic E-state index is 12.5. The van der Waals surface area contributed by atoms with Gasteiger partial charge in [-0.05, 0) is 19.8 Å². The normalized spacial score (nSPS) is 17.0. The molecule has 1 saturated heterocycles. The fourth-order valence-electron chi connectivity index (χ4n) is 2.30. The van der Waals surface area contributed by atoms with Crippen LogP contribution in [0.1, 0.15) is 26.7 Å². The lowest BCUT2D eigenvalue weighted by atomic mass is 9.97. The minimum Gasteiger partial charge on any atom is -0.356 e. The van der Waals surface area contributed by atoms with E-state index in [1.165, 1.54) is 11.2 Å². The van der Waals surface area contributed by atoms with Crippen LogP contribution < -0.4 is 10.6 Å². The summed E-state index contributed by atoms with van der Waals surface area (Å²) in [6, 6.07) is 0. The Morgan fingerprint density at radius 2 is 1.96 bits per heavy atom. The van der Waals surface area contributed by atoms with Crippen molar-refractivity contribution in [3.63, 3.8) is 0 Å². The Morgan fingerprint density at radius 1 is 1.30 bits per heavy atom. The van der Waals surface area contributed by atoms with Gasteiger partial charge in [-0.1, -0.05) is 11.3 Å². The van der Waals surface area contributed by atoms with E-state index in [-0.39, 0.29) is 40.3 Å². The van der Waals surface area contributed by atoms with Gasteiger partial charge in [0.1, 0.15) is 0 Å². The number of sulfonamides is 1. The van der Waals surface area contributed by atoms with Crippen LogP contribution in [0.3, 0.4) is 0 Å². The molecule has 0 aliphatic carbocycles. The van der Waals surface area contributed by atoms with Crippen LogP contribution in [0.15, 0.2) is 4.34 Å². The Balaban J connectivity index is 2.03. The van der Waals surface area contributed by atoms with Crippen LogP contribution >= 0.6 is 11.3 Å². The van der Waals surface area contributed by atoms with Crippen molar-refractivity contribution in [3.05, 3.63) is 0 Å². The largest absolute Gasteiger partial charge is 0.356 e. The number of anilines is 1. The molecule has 9 nitrogen and oxygen atoms in total. The molecule has 0 unspecified atom stereocenters. The molecule has 2 N–H and O–H groups in total. The summed E-state index contributed by atoms with van der Waals surface area (Å²) in [6.45, 7) is 4.24. The predicted molar refractivity (Wildman–Crippen MR) is 84.4 cm³/mol. The van der Waals surface area contributed by atoms with Crippen LogP contribution in [0.4, 0.5) is 5.13 Å². The number of carbonyl (C=O) groups excluding carboxylic acids is 2. The van der Waals surface area contributed by atoms with E-state index in [1.54, 1.807) is 0 Å². The monoisotopic (exact) mass is 361 g/mol. The van der Waals surface area contributed by atoms with E-state index in [1.807, 2.05) is 6.92 Å². The molecule has 2 rings (SSSR count). The maximum absolute atomic E-state index is 12.5. The van der Waals surface area contributed by atoms with E-state index in [0.29, 0.717) is 19.4 Å². The Morgan fingerprint density at radius 3 is 2.52 bits per heavy atom. The van der Waals surface area contributed by atoms with Gasteiger partial charge < -0.3 is 10.6 Å². The topological polar surface area (TPSA) is 121 Å². The molecule has 1 aliphatic rings. The number of hydrogen-bond acceptors (Lipinski definition) is 7. The highest BCUT2D eigenvalue weighted by atomic mass is 32.2. The third-order valence-electron chi connectivity index (χ3n) is 3.43. The van der Waals surface area contributed by atoms with E-state index in [9.17, 15) is 18.0 Å². The maximum Gasteiger partial charge on any atom is 0.272 e. The van der Waals surface area contributed by atoms with Crippen molar-refractivity contribution < 1.29 is 18.0 Å². The number of hydrogen-bond donors (Lipinski definition) is 2. The highest BCUT2D eigenvalue weighted by molar-refractivity contribution is 7.91. The summed E-state index contributed by atoms with van der Waals surface area (Å²) in [5.41, 5.74) is 0. The summed E-state index contributed by atoms with van der Waals surface area (Å²) in [7, 11) is -3.74. The molecule has 0 bridgehead atoms. The molecule has 1 aromatic heterocycles.